The molecule has 0 saturated carbocycles. The van der Waals surface area contributed by atoms with Gasteiger partial charge in [-0.3, -0.25) is 19.4 Å². The SMILES string of the molecule is CCc1ccccc1NC(=O)CN1CCN(C(=O)CN(CC(C)C)CC(C)C)CC1. The number of hydrogen-bond acceptors (Lipinski definition) is 4. The summed E-state index contributed by atoms with van der Waals surface area (Å²) in [7, 11) is 0. The molecule has 0 spiro atoms. The maximum Gasteiger partial charge on any atom is 0.238 e. The summed E-state index contributed by atoms with van der Waals surface area (Å²) in [6.07, 6.45) is 0.891. The molecule has 0 unspecified atom stereocenters. The van der Waals surface area contributed by atoms with Gasteiger partial charge in [-0.2, -0.15) is 0 Å². The molecule has 6 heteroatoms. The fourth-order valence-corrected chi connectivity index (χ4v) is 4.03. The van der Waals surface area contributed by atoms with Gasteiger partial charge in [0, 0.05) is 45.0 Å². The first kappa shape index (κ1) is 24.4. The van der Waals surface area contributed by atoms with Crippen LogP contribution in [0.25, 0.3) is 0 Å². The van der Waals surface area contributed by atoms with E-state index in [2.05, 4.69) is 49.7 Å². The van der Waals surface area contributed by atoms with Gasteiger partial charge < -0.3 is 10.2 Å². The number of benzene rings is 1. The molecule has 1 heterocycles. The quantitative estimate of drug-likeness (QED) is 0.637. The summed E-state index contributed by atoms with van der Waals surface area (Å²) in [4.78, 5) is 31.6. The van der Waals surface area contributed by atoms with E-state index in [0.717, 1.165) is 43.9 Å². The normalized spacial score (nSPS) is 15.3. The highest BCUT2D eigenvalue weighted by molar-refractivity contribution is 5.93. The number of piperazine rings is 1. The molecule has 2 amide bonds. The van der Waals surface area contributed by atoms with Crippen molar-refractivity contribution in [1.82, 2.24) is 14.7 Å². The molecule has 0 aliphatic carbocycles. The van der Waals surface area contributed by atoms with Crippen LogP contribution in [-0.4, -0.2) is 78.9 Å². The van der Waals surface area contributed by atoms with Gasteiger partial charge in [0.25, 0.3) is 0 Å². The number of nitrogens with one attached hydrogen (secondary N) is 1. The third-order valence-corrected chi connectivity index (χ3v) is 5.37. The Balaban J connectivity index is 1.79. The van der Waals surface area contributed by atoms with Gasteiger partial charge >= 0.3 is 0 Å². The molecular formula is C24H40N4O2. The predicted molar refractivity (Wildman–Crippen MR) is 124 cm³/mol. The lowest BCUT2D eigenvalue weighted by atomic mass is 10.1. The lowest BCUT2D eigenvalue weighted by molar-refractivity contribution is -0.134. The average molecular weight is 417 g/mol. The minimum Gasteiger partial charge on any atom is -0.339 e. The maximum absolute atomic E-state index is 12.8. The first-order valence-electron chi connectivity index (χ1n) is 11.4. The first-order valence-corrected chi connectivity index (χ1v) is 11.4. The smallest absolute Gasteiger partial charge is 0.238 e. The van der Waals surface area contributed by atoms with Crippen molar-refractivity contribution in [2.45, 2.75) is 41.0 Å². The van der Waals surface area contributed by atoms with Crippen LogP contribution in [0.15, 0.2) is 24.3 Å². The Hall–Kier alpha value is -1.92. The van der Waals surface area contributed by atoms with E-state index in [1.165, 1.54) is 0 Å². The van der Waals surface area contributed by atoms with E-state index >= 15 is 0 Å². The van der Waals surface area contributed by atoms with Crippen LogP contribution in [0.5, 0.6) is 0 Å². The summed E-state index contributed by atoms with van der Waals surface area (Å²) in [5.41, 5.74) is 2.04. The number of nitrogens with zero attached hydrogens (tertiary/aromatic N) is 3. The Morgan fingerprint density at radius 3 is 2.17 bits per heavy atom. The van der Waals surface area contributed by atoms with Crippen LogP contribution >= 0.6 is 0 Å². The van der Waals surface area contributed by atoms with Crippen molar-refractivity contribution in [2.24, 2.45) is 11.8 Å². The van der Waals surface area contributed by atoms with Crippen molar-refractivity contribution in [1.29, 1.82) is 0 Å². The van der Waals surface area contributed by atoms with Crippen LogP contribution in [0.1, 0.15) is 40.2 Å². The van der Waals surface area contributed by atoms with Crippen LogP contribution in [0, 0.1) is 11.8 Å². The van der Waals surface area contributed by atoms with Crippen LogP contribution < -0.4 is 5.32 Å². The molecule has 6 nitrogen and oxygen atoms in total. The number of rotatable bonds is 10. The summed E-state index contributed by atoms with van der Waals surface area (Å²) >= 11 is 0. The van der Waals surface area contributed by atoms with Crippen molar-refractivity contribution in [3.63, 3.8) is 0 Å². The van der Waals surface area contributed by atoms with E-state index in [1.54, 1.807) is 0 Å². The maximum atomic E-state index is 12.8. The molecule has 0 radical (unpaired) electrons. The summed E-state index contributed by atoms with van der Waals surface area (Å²) < 4.78 is 0. The molecule has 0 bridgehead atoms. The molecular weight excluding hydrogens is 376 g/mol. The number of amides is 2. The topological polar surface area (TPSA) is 55.9 Å². The summed E-state index contributed by atoms with van der Waals surface area (Å²) in [6.45, 7) is 16.5. The van der Waals surface area contributed by atoms with E-state index in [4.69, 9.17) is 0 Å². The van der Waals surface area contributed by atoms with Gasteiger partial charge in [0.15, 0.2) is 0 Å². The summed E-state index contributed by atoms with van der Waals surface area (Å²) in [5, 5.41) is 3.04. The van der Waals surface area contributed by atoms with E-state index < -0.39 is 0 Å². The van der Waals surface area contributed by atoms with Crippen molar-refractivity contribution in [3.05, 3.63) is 29.8 Å². The Kier molecular flexibility index (Phi) is 9.79. The average Bonchev–Trinajstić information content (AvgIpc) is 2.67. The molecule has 2 rings (SSSR count). The second-order valence-corrected chi connectivity index (χ2v) is 9.20. The molecule has 0 atom stereocenters. The number of para-hydroxylation sites is 1. The lowest BCUT2D eigenvalue weighted by Gasteiger charge is -2.36. The van der Waals surface area contributed by atoms with E-state index in [-0.39, 0.29) is 11.8 Å². The van der Waals surface area contributed by atoms with Gasteiger partial charge in [0.1, 0.15) is 0 Å². The Morgan fingerprint density at radius 1 is 1.00 bits per heavy atom. The number of aryl methyl sites for hydroxylation is 1. The molecule has 1 aromatic rings. The van der Waals surface area contributed by atoms with Gasteiger partial charge in [0.2, 0.25) is 11.8 Å². The largest absolute Gasteiger partial charge is 0.339 e. The van der Waals surface area contributed by atoms with Crippen LogP contribution in [0.3, 0.4) is 0 Å². The van der Waals surface area contributed by atoms with Crippen molar-refractivity contribution in [2.75, 3.05) is 57.7 Å². The fraction of sp³-hybridized carbons (Fsp3) is 0.667. The van der Waals surface area contributed by atoms with Crippen LogP contribution in [0.4, 0.5) is 5.69 Å². The molecule has 1 N–H and O–H groups in total. The predicted octanol–water partition coefficient (Wildman–Crippen LogP) is 2.95. The third-order valence-electron chi connectivity index (χ3n) is 5.37. The van der Waals surface area contributed by atoms with E-state index in [9.17, 15) is 9.59 Å². The molecule has 30 heavy (non-hydrogen) atoms. The van der Waals surface area contributed by atoms with Gasteiger partial charge in [-0.05, 0) is 29.9 Å². The van der Waals surface area contributed by atoms with Crippen molar-refractivity contribution >= 4 is 17.5 Å². The summed E-state index contributed by atoms with van der Waals surface area (Å²) in [5.74, 6) is 1.31. The van der Waals surface area contributed by atoms with Crippen molar-refractivity contribution in [3.8, 4) is 0 Å². The fourth-order valence-electron chi connectivity index (χ4n) is 4.03. The number of carbonyl (C=O) groups is 2. The van der Waals surface area contributed by atoms with Crippen LogP contribution in [-0.2, 0) is 16.0 Å². The summed E-state index contributed by atoms with van der Waals surface area (Å²) in [6, 6.07) is 7.93. The number of hydrogen-bond donors (Lipinski definition) is 1. The van der Waals surface area contributed by atoms with E-state index in [1.807, 2.05) is 29.2 Å². The third kappa shape index (κ3) is 8.07. The monoisotopic (exact) mass is 416 g/mol. The standard InChI is InChI=1S/C24H40N4O2/c1-6-21-9-7-8-10-22(21)25-23(29)17-26-11-13-28(14-12-26)24(30)18-27(15-19(2)3)16-20(4)5/h7-10,19-20H,6,11-18H2,1-5H3,(H,25,29). The zero-order chi connectivity index (χ0) is 22.1. The highest BCUT2D eigenvalue weighted by Gasteiger charge is 2.24. The minimum atomic E-state index is 0.00992. The van der Waals surface area contributed by atoms with E-state index in [0.29, 0.717) is 38.0 Å². The molecule has 168 valence electrons. The Morgan fingerprint density at radius 2 is 1.60 bits per heavy atom. The molecule has 0 aromatic heterocycles. The second kappa shape index (κ2) is 12.1. The molecule has 1 fully saturated rings. The molecule has 1 aliphatic rings. The zero-order valence-corrected chi connectivity index (χ0v) is 19.5. The number of anilines is 1. The van der Waals surface area contributed by atoms with Gasteiger partial charge in [0.05, 0.1) is 13.1 Å². The molecule has 1 aliphatic heterocycles. The molecule has 1 aromatic carbocycles. The highest BCUT2D eigenvalue weighted by Crippen LogP contribution is 2.15. The van der Waals surface area contributed by atoms with Crippen molar-refractivity contribution < 1.29 is 9.59 Å². The van der Waals surface area contributed by atoms with Gasteiger partial charge in [-0.1, -0.05) is 52.8 Å². The minimum absolute atomic E-state index is 0.00992. The highest BCUT2D eigenvalue weighted by atomic mass is 16.2. The molecule has 1 saturated heterocycles. The first-order chi connectivity index (χ1) is 14.3. The number of carbonyl (C=O) groups excluding carboxylic acids is 2. The van der Waals surface area contributed by atoms with Crippen LogP contribution in [0.2, 0.25) is 0 Å². The zero-order valence-electron chi connectivity index (χ0n) is 19.5. The Bertz CT molecular complexity index is 672. The lowest BCUT2D eigenvalue weighted by Crippen LogP contribution is -2.52. The van der Waals surface area contributed by atoms with Gasteiger partial charge in [-0.15, -0.1) is 0 Å². The second-order valence-electron chi connectivity index (χ2n) is 9.20. The Labute approximate surface area is 182 Å². The van der Waals surface area contributed by atoms with Gasteiger partial charge in [-0.25, -0.2) is 0 Å².